The molecule has 0 radical (unpaired) electrons. The fourth-order valence-electron chi connectivity index (χ4n) is 3.70. The molecular formula is C20H29N3O3. The molecule has 2 aliphatic heterocycles. The van der Waals surface area contributed by atoms with Gasteiger partial charge in [-0.25, -0.2) is 0 Å². The quantitative estimate of drug-likeness (QED) is 0.821. The highest BCUT2D eigenvalue weighted by molar-refractivity contribution is 5.83. The Balaban J connectivity index is 1.54. The number of piperazine rings is 1. The number of likely N-dealkylation sites (tertiary alicyclic amines) is 1. The van der Waals surface area contributed by atoms with Crippen LogP contribution in [-0.2, 0) is 9.59 Å². The van der Waals surface area contributed by atoms with Crippen molar-refractivity contribution in [2.24, 2.45) is 0 Å². The van der Waals surface area contributed by atoms with E-state index in [0.29, 0.717) is 26.2 Å². The van der Waals surface area contributed by atoms with Gasteiger partial charge in [0.2, 0.25) is 11.8 Å². The van der Waals surface area contributed by atoms with Gasteiger partial charge in [-0.2, -0.15) is 0 Å². The molecule has 0 aromatic heterocycles. The molecule has 2 amide bonds. The molecule has 0 spiro atoms. The summed E-state index contributed by atoms with van der Waals surface area (Å²) in [4.78, 5) is 30.4. The summed E-state index contributed by atoms with van der Waals surface area (Å²) in [6.07, 6.45) is 1.83. The molecule has 3 rings (SSSR count). The molecule has 0 N–H and O–H groups in total. The number of amides is 2. The summed E-state index contributed by atoms with van der Waals surface area (Å²) in [5, 5.41) is 0. The van der Waals surface area contributed by atoms with Crippen molar-refractivity contribution in [3.05, 3.63) is 29.8 Å². The van der Waals surface area contributed by atoms with Gasteiger partial charge < -0.3 is 14.5 Å². The number of rotatable bonds is 3. The summed E-state index contributed by atoms with van der Waals surface area (Å²) in [7, 11) is 1.97. The van der Waals surface area contributed by atoms with Crippen LogP contribution in [-0.4, -0.2) is 78.4 Å². The van der Waals surface area contributed by atoms with E-state index in [1.54, 1.807) is 11.8 Å². The van der Waals surface area contributed by atoms with Crippen molar-refractivity contribution >= 4 is 11.8 Å². The smallest absolute Gasteiger partial charge is 0.241 e. The van der Waals surface area contributed by atoms with E-state index in [2.05, 4.69) is 4.90 Å². The van der Waals surface area contributed by atoms with E-state index in [1.165, 1.54) is 0 Å². The number of hydrogen-bond acceptors (Lipinski definition) is 4. The zero-order chi connectivity index (χ0) is 18.7. The normalized spacial score (nSPS) is 22.3. The van der Waals surface area contributed by atoms with Gasteiger partial charge in [0, 0.05) is 52.5 Å². The number of hydrogen-bond donors (Lipinski definition) is 0. The number of ether oxygens (including phenoxy) is 1. The van der Waals surface area contributed by atoms with Crippen molar-refractivity contribution < 1.29 is 14.3 Å². The Morgan fingerprint density at radius 1 is 1.04 bits per heavy atom. The number of nitrogens with zero attached hydrogens (tertiary/aromatic N) is 3. The van der Waals surface area contributed by atoms with Gasteiger partial charge in [-0.3, -0.25) is 14.5 Å². The second-order valence-electron chi connectivity index (χ2n) is 7.37. The number of piperidine rings is 1. The van der Waals surface area contributed by atoms with Gasteiger partial charge >= 0.3 is 0 Å². The topological polar surface area (TPSA) is 53.1 Å². The van der Waals surface area contributed by atoms with Crippen LogP contribution in [0.3, 0.4) is 0 Å². The lowest BCUT2D eigenvalue weighted by Gasteiger charge is -2.41. The number of carbonyl (C=O) groups excluding carboxylic acids is 2. The van der Waals surface area contributed by atoms with Gasteiger partial charge in [0.1, 0.15) is 17.9 Å². The predicted molar refractivity (Wildman–Crippen MR) is 100 cm³/mol. The molecule has 0 bridgehead atoms. The van der Waals surface area contributed by atoms with Gasteiger partial charge in [0.05, 0.1) is 0 Å². The van der Waals surface area contributed by atoms with E-state index in [1.807, 2.05) is 43.1 Å². The maximum atomic E-state index is 13.0. The van der Waals surface area contributed by atoms with Crippen molar-refractivity contribution in [3.63, 3.8) is 0 Å². The molecule has 1 unspecified atom stereocenters. The first-order valence-corrected chi connectivity index (χ1v) is 9.42. The first-order chi connectivity index (χ1) is 12.5. The summed E-state index contributed by atoms with van der Waals surface area (Å²) < 4.78 is 6.13. The summed E-state index contributed by atoms with van der Waals surface area (Å²) in [6, 6.07) is 7.81. The Morgan fingerprint density at radius 2 is 1.73 bits per heavy atom. The molecule has 2 saturated heterocycles. The molecule has 2 aliphatic rings. The summed E-state index contributed by atoms with van der Waals surface area (Å²) in [5.41, 5.74) is 1.14. The Bertz CT molecular complexity index is 655. The van der Waals surface area contributed by atoms with Crippen LogP contribution in [0.25, 0.3) is 0 Å². The third-order valence-corrected chi connectivity index (χ3v) is 5.52. The molecule has 1 aromatic rings. The van der Waals surface area contributed by atoms with E-state index in [0.717, 1.165) is 30.7 Å². The Labute approximate surface area is 155 Å². The van der Waals surface area contributed by atoms with Crippen LogP contribution in [0.5, 0.6) is 5.75 Å². The number of para-hydroxylation sites is 1. The minimum Gasteiger partial charge on any atom is -0.490 e. The number of aryl methyl sites for hydroxylation is 1. The third kappa shape index (κ3) is 4.18. The second kappa shape index (κ2) is 8.08. The van der Waals surface area contributed by atoms with E-state index in [4.69, 9.17) is 4.74 Å². The van der Waals surface area contributed by atoms with Crippen molar-refractivity contribution in [1.82, 2.24) is 14.7 Å². The Morgan fingerprint density at radius 3 is 2.38 bits per heavy atom. The first kappa shape index (κ1) is 18.7. The van der Waals surface area contributed by atoms with Crippen molar-refractivity contribution in [1.29, 1.82) is 0 Å². The van der Waals surface area contributed by atoms with Crippen LogP contribution in [0.15, 0.2) is 24.3 Å². The zero-order valence-corrected chi connectivity index (χ0v) is 16.0. The summed E-state index contributed by atoms with van der Waals surface area (Å²) >= 11 is 0. The average molecular weight is 359 g/mol. The highest BCUT2D eigenvalue weighted by Crippen LogP contribution is 2.23. The fourth-order valence-corrected chi connectivity index (χ4v) is 3.70. The molecule has 142 valence electrons. The second-order valence-corrected chi connectivity index (χ2v) is 7.37. The van der Waals surface area contributed by atoms with Gasteiger partial charge in [-0.1, -0.05) is 18.2 Å². The Hall–Kier alpha value is -2.08. The van der Waals surface area contributed by atoms with Gasteiger partial charge in [0.15, 0.2) is 0 Å². The van der Waals surface area contributed by atoms with Crippen LogP contribution in [0, 0.1) is 6.92 Å². The maximum Gasteiger partial charge on any atom is 0.241 e. The minimum atomic E-state index is -0.235. The van der Waals surface area contributed by atoms with E-state index in [-0.39, 0.29) is 24.0 Å². The lowest BCUT2D eigenvalue weighted by Crippen LogP contribution is -2.60. The van der Waals surface area contributed by atoms with Gasteiger partial charge in [0.25, 0.3) is 0 Å². The van der Waals surface area contributed by atoms with Crippen LogP contribution in [0.2, 0.25) is 0 Å². The van der Waals surface area contributed by atoms with E-state index < -0.39 is 0 Å². The standard InChI is InChI=1S/C20H29N3O3/c1-15-6-4-5-7-19(15)26-17-8-10-22(11-9-17)20(25)18-14-23(16(2)24)13-12-21(18)3/h4-7,17-18H,8-14H2,1-3H3. The van der Waals surface area contributed by atoms with Crippen molar-refractivity contribution in [2.45, 2.75) is 38.8 Å². The molecule has 1 atom stereocenters. The van der Waals surface area contributed by atoms with Crippen LogP contribution < -0.4 is 4.74 Å². The molecule has 0 aliphatic carbocycles. The highest BCUT2D eigenvalue weighted by Gasteiger charge is 2.35. The van der Waals surface area contributed by atoms with Crippen molar-refractivity contribution in [3.8, 4) is 5.75 Å². The molecular weight excluding hydrogens is 330 g/mol. The predicted octanol–water partition coefficient (Wildman–Crippen LogP) is 1.53. The van der Waals surface area contributed by atoms with E-state index in [9.17, 15) is 9.59 Å². The molecule has 2 heterocycles. The third-order valence-electron chi connectivity index (χ3n) is 5.52. The maximum absolute atomic E-state index is 13.0. The summed E-state index contributed by atoms with van der Waals surface area (Å²) in [5.74, 6) is 1.11. The highest BCUT2D eigenvalue weighted by atomic mass is 16.5. The molecule has 6 nitrogen and oxygen atoms in total. The molecule has 26 heavy (non-hydrogen) atoms. The molecule has 1 aromatic carbocycles. The fraction of sp³-hybridized carbons (Fsp3) is 0.600. The number of benzene rings is 1. The largest absolute Gasteiger partial charge is 0.490 e. The number of likely N-dealkylation sites (N-methyl/N-ethyl adjacent to an activating group) is 1. The summed E-state index contributed by atoms with van der Waals surface area (Å²) in [6.45, 7) is 6.96. The minimum absolute atomic E-state index is 0.0428. The van der Waals surface area contributed by atoms with Crippen molar-refractivity contribution in [2.75, 3.05) is 39.8 Å². The monoisotopic (exact) mass is 359 g/mol. The molecule has 0 saturated carbocycles. The van der Waals surface area contributed by atoms with Crippen LogP contribution in [0.1, 0.15) is 25.3 Å². The molecule has 2 fully saturated rings. The lowest BCUT2D eigenvalue weighted by atomic mass is 10.0. The van der Waals surface area contributed by atoms with Crippen LogP contribution in [0.4, 0.5) is 0 Å². The Kier molecular flexibility index (Phi) is 5.81. The molecule has 6 heteroatoms. The van der Waals surface area contributed by atoms with Crippen LogP contribution >= 0.6 is 0 Å². The van der Waals surface area contributed by atoms with Gasteiger partial charge in [-0.05, 0) is 25.6 Å². The van der Waals surface area contributed by atoms with Gasteiger partial charge in [-0.15, -0.1) is 0 Å². The zero-order valence-electron chi connectivity index (χ0n) is 16.0. The SMILES string of the molecule is CC(=O)N1CCN(C)C(C(=O)N2CCC(Oc3ccccc3C)CC2)C1. The number of carbonyl (C=O) groups is 2. The first-order valence-electron chi connectivity index (χ1n) is 9.42. The average Bonchev–Trinajstić information content (AvgIpc) is 2.64. The lowest BCUT2D eigenvalue weighted by molar-refractivity contribution is -0.143. The van der Waals surface area contributed by atoms with E-state index >= 15 is 0 Å².